The van der Waals surface area contributed by atoms with E-state index in [0.717, 1.165) is 17.9 Å². The average molecular weight is 278 g/mol. The molecule has 2 rings (SSSR count). The van der Waals surface area contributed by atoms with Crippen LogP contribution in [0.3, 0.4) is 0 Å². The van der Waals surface area contributed by atoms with Gasteiger partial charge in [0, 0.05) is 24.1 Å². The van der Waals surface area contributed by atoms with Gasteiger partial charge in [-0.1, -0.05) is 24.6 Å². The summed E-state index contributed by atoms with van der Waals surface area (Å²) in [7, 11) is 0. The number of halogens is 1. The Labute approximate surface area is 117 Å². The van der Waals surface area contributed by atoms with Gasteiger partial charge in [-0.2, -0.15) is 0 Å². The molecule has 2 aromatic rings. The van der Waals surface area contributed by atoms with Gasteiger partial charge in [-0.05, 0) is 25.5 Å². The van der Waals surface area contributed by atoms with Crippen LogP contribution in [0.2, 0.25) is 5.15 Å². The Bertz CT molecular complexity index is 548. The number of nitrogens with one attached hydrogen (secondary N) is 1. The zero-order valence-corrected chi connectivity index (χ0v) is 11.7. The second-order valence-corrected chi connectivity index (χ2v) is 4.54. The van der Waals surface area contributed by atoms with Crippen molar-refractivity contribution in [2.75, 3.05) is 5.32 Å². The molecule has 4 nitrogen and oxygen atoms in total. The number of hydrogen-bond acceptors (Lipinski definition) is 4. The quantitative estimate of drug-likeness (QED) is 0.895. The molecule has 0 saturated carbocycles. The molecule has 0 amide bonds. The van der Waals surface area contributed by atoms with Gasteiger partial charge in [-0.25, -0.2) is 9.97 Å². The normalized spacial score (nSPS) is 11.9. The summed E-state index contributed by atoms with van der Waals surface area (Å²) < 4.78 is 5.76. The smallest absolute Gasteiger partial charge is 0.171 e. The predicted octanol–water partition coefficient (Wildman–Crippen LogP) is 4.05. The Hall–Kier alpha value is -1.81. The molecule has 1 N–H and O–H groups in total. The lowest BCUT2D eigenvalue weighted by Crippen LogP contribution is -2.09. The summed E-state index contributed by atoms with van der Waals surface area (Å²) in [6.07, 6.45) is 4.30. The van der Waals surface area contributed by atoms with E-state index in [1.54, 1.807) is 12.4 Å². The Morgan fingerprint density at radius 1 is 1.32 bits per heavy atom. The molecule has 0 bridgehead atoms. The molecule has 1 heterocycles. The van der Waals surface area contributed by atoms with Crippen molar-refractivity contribution < 1.29 is 4.74 Å². The van der Waals surface area contributed by atoms with Gasteiger partial charge in [0.15, 0.2) is 11.0 Å². The van der Waals surface area contributed by atoms with E-state index in [1.165, 1.54) is 0 Å². The average Bonchev–Trinajstić information content (AvgIpc) is 2.42. The number of benzene rings is 1. The van der Waals surface area contributed by atoms with Crippen LogP contribution in [0.1, 0.15) is 20.3 Å². The number of nitrogens with zero attached hydrogens (tertiary/aromatic N) is 2. The summed E-state index contributed by atoms with van der Waals surface area (Å²) >= 11 is 5.95. The minimum atomic E-state index is 0.190. The largest absolute Gasteiger partial charge is 0.491 e. The predicted molar refractivity (Wildman–Crippen MR) is 77.1 cm³/mol. The highest BCUT2D eigenvalue weighted by atomic mass is 35.5. The summed E-state index contributed by atoms with van der Waals surface area (Å²) in [6, 6.07) is 7.69. The van der Waals surface area contributed by atoms with E-state index in [2.05, 4.69) is 22.2 Å². The molecular formula is C14H16ClN3O. The van der Waals surface area contributed by atoms with Crippen LogP contribution in [-0.4, -0.2) is 16.1 Å². The number of hydrogen-bond donors (Lipinski definition) is 1. The fraction of sp³-hybridized carbons (Fsp3) is 0.286. The van der Waals surface area contributed by atoms with E-state index >= 15 is 0 Å². The van der Waals surface area contributed by atoms with Crippen LogP contribution in [0.5, 0.6) is 5.75 Å². The molecule has 0 fully saturated rings. The number of anilines is 2. The van der Waals surface area contributed by atoms with E-state index in [9.17, 15) is 0 Å². The molecule has 0 spiro atoms. The first-order chi connectivity index (χ1) is 9.19. The lowest BCUT2D eigenvalue weighted by Gasteiger charge is -2.14. The third kappa shape index (κ3) is 3.83. The molecular weight excluding hydrogens is 262 g/mol. The maximum Gasteiger partial charge on any atom is 0.171 e. The minimum absolute atomic E-state index is 0.190. The maximum absolute atomic E-state index is 5.95. The summed E-state index contributed by atoms with van der Waals surface area (Å²) in [5.74, 6) is 1.35. The molecule has 5 heteroatoms. The SMILES string of the molecule is CCC(C)Oc1cccc(Nc2nccnc2Cl)c1. The second kappa shape index (κ2) is 6.38. The first kappa shape index (κ1) is 13.6. The highest BCUT2D eigenvalue weighted by Gasteiger charge is 2.05. The van der Waals surface area contributed by atoms with Crippen LogP contribution in [0, 0.1) is 0 Å². The van der Waals surface area contributed by atoms with Crippen LogP contribution in [0.15, 0.2) is 36.7 Å². The van der Waals surface area contributed by atoms with E-state index in [0.29, 0.717) is 11.0 Å². The van der Waals surface area contributed by atoms with Crippen LogP contribution < -0.4 is 10.1 Å². The molecule has 1 atom stereocenters. The molecule has 19 heavy (non-hydrogen) atoms. The zero-order chi connectivity index (χ0) is 13.7. The van der Waals surface area contributed by atoms with Gasteiger partial charge >= 0.3 is 0 Å². The molecule has 0 radical (unpaired) electrons. The minimum Gasteiger partial charge on any atom is -0.491 e. The fourth-order valence-electron chi connectivity index (χ4n) is 1.50. The van der Waals surface area contributed by atoms with Crippen LogP contribution >= 0.6 is 11.6 Å². The highest BCUT2D eigenvalue weighted by molar-refractivity contribution is 6.31. The molecule has 0 aliphatic carbocycles. The Morgan fingerprint density at radius 2 is 2.11 bits per heavy atom. The molecule has 0 aliphatic rings. The summed E-state index contributed by atoms with van der Waals surface area (Å²) in [5.41, 5.74) is 0.864. The van der Waals surface area contributed by atoms with Crippen LogP contribution in [-0.2, 0) is 0 Å². The van der Waals surface area contributed by atoms with Crippen molar-refractivity contribution in [2.45, 2.75) is 26.4 Å². The summed E-state index contributed by atoms with van der Waals surface area (Å²) in [5, 5.41) is 3.46. The molecule has 1 aromatic carbocycles. The second-order valence-electron chi connectivity index (χ2n) is 4.19. The van der Waals surface area contributed by atoms with Gasteiger partial charge in [-0.3, -0.25) is 0 Å². The van der Waals surface area contributed by atoms with Crippen LogP contribution in [0.4, 0.5) is 11.5 Å². The van der Waals surface area contributed by atoms with E-state index in [-0.39, 0.29) is 6.10 Å². The van der Waals surface area contributed by atoms with Gasteiger partial charge < -0.3 is 10.1 Å². The molecule has 1 aromatic heterocycles. The Kier molecular flexibility index (Phi) is 4.58. The molecule has 0 saturated heterocycles. The monoisotopic (exact) mass is 277 g/mol. The first-order valence-corrected chi connectivity index (χ1v) is 6.57. The van der Waals surface area contributed by atoms with Gasteiger partial charge in [0.1, 0.15) is 5.75 Å². The highest BCUT2D eigenvalue weighted by Crippen LogP contribution is 2.24. The first-order valence-electron chi connectivity index (χ1n) is 6.19. The Balaban J connectivity index is 2.13. The van der Waals surface area contributed by atoms with Crippen molar-refractivity contribution in [3.63, 3.8) is 0 Å². The lowest BCUT2D eigenvalue weighted by atomic mass is 10.2. The maximum atomic E-state index is 5.95. The van der Waals surface area contributed by atoms with Crippen molar-refractivity contribution in [2.24, 2.45) is 0 Å². The van der Waals surface area contributed by atoms with Crippen molar-refractivity contribution in [3.05, 3.63) is 41.8 Å². The third-order valence-corrected chi connectivity index (χ3v) is 2.94. The van der Waals surface area contributed by atoms with E-state index in [4.69, 9.17) is 16.3 Å². The van der Waals surface area contributed by atoms with Crippen molar-refractivity contribution in [1.29, 1.82) is 0 Å². The number of rotatable bonds is 5. The van der Waals surface area contributed by atoms with Crippen molar-refractivity contribution in [1.82, 2.24) is 9.97 Å². The topological polar surface area (TPSA) is 47.0 Å². The summed E-state index contributed by atoms with van der Waals surface area (Å²) in [6.45, 7) is 4.13. The molecule has 1 unspecified atom stereocenters. The summed E-state index contributed by atoms with van der Waals surface area (Å²) in [4.78, 5) is 8.10. The zero-order valence-electron chi connectivity index (χ0n) is 10.9. The standard InChI is InChI=1S/C14H16ClN3O/c1-3-10(2)19-12-6-4-5-11(9-12)18-14-13(15)16-7-8-17-14/h4-10H,3H2,1-2H3,(H,17,18). The fourth-order valence-corrected chi connectivity index (χ4v) is 1.66. The third-order valence-electron chi connectivity index (χ3n) is 2.66. The van der Waals surface area contributed by atoms with E-state index in [1.807, 2.05) is 31.2 Å². The number of ether oxygens (including phenoxy) is 1. The van der Waals surface area contributed by atoms with Gasteiger partial charge in [-0.15, -0.1) is 0 Å². The Morgan fingerprint density at radius 3 is 2.84 bits per heavy atom. The van der Waals surface area contributed by atoms with Crippen molar-refractivity contribution >= 4 is 23.1 Å². The van der Waals surface area contributed by atoms with Crippen LogP contribution in [0.25, 0.3) is 0 Å². The number of aromatic nitrogens is 2. The van der Waals surface area contributed by atoms with E-state index < -0.39 is 0 Å². The van der Waals surface area contributed by atoms with Gasteiger partial charge in [0.2, 0.25) is 0 Å². The lowest BCUT2D eigenvalue weighted by molar-refractivity contribution is 0.217. The van der Waals surface area contributed by atoms with Gasteiger partial charge in [0.25, 0.3) is 0 Å². The van der Waals surface area contributed by atoms with Gasteiger partial charge in [0.05, 0.1) is 6.10 Å². The molecule has 100 valence electrons. The van der Waals surface area contributed by atoms with Crippen molar-refractivity contribution in [3.8, 4) is 5.75 Å². The molecule has 0 aliphatic heterocycles.